The summed E-state index contributed by atoms with van der Waals surface area (Å²) in [5.41, 5.74) is -0.207. The van der Waals surface area contributed by atoms with Gasteiger partial charge in [-0.3, -0.25) is 9.59 Å². The molecule has 0 radical (unpaired) electrons. The van der Waals surface area contributed by atoms with E-state index in [-0.39, 0.29) is 18.9 Å². The monoisotopic (exact) mass is 289 g/mol. The highest BCUT2D eigenvalue weighted by Gasteiger charge is 2.47. The number of hydrogen-bond donors (Lipinski definition) is 2. The fraction of sp³-hybridized carbons (Fsp3) is 0.357. The molecule has 0 spiro atoms. The number of carboxylic acid groups (broad SMARTS) is 1. The molecule has 2 N–H and O–H groups in total. The van der Waals surface area contributed by atoms with Crippen LogP contribution in [0.4, 0.5) is 0 Å². The van der Waals surface area contributed by atoms with Crippen LogP contribution in [0.25, 0.3) is 5.65 Å². The van der Waals surface area contributed by atoms with Crippen LogP contribution in [0.3, 0.4) is 0 Å². The van der Waals surface area contributed by atoms with Gasteiger partial charge in [-0.05, 0) is 19.1 Å². The van der Waals surface area contributed by atoms with Crippen LogP contribution in [-0.4, -0.2) is 45.6 Å². The highest BCUT2D eigenvalue weighted by Crippen LogP contribution is 2.28. The number of carboxylic acids is 1. The molecule has 1 fully saturated rings. The first-order chi connectivity index (χ1) is 10.0. The highest BCUT2D eigenvalue weighted by atomic mass is 16.5. The number of pyridine rings is 1. The van der Waals surface area contributed by atoms with E-state index in [4.69, 9.17) is 4.74 Å². The van der Waals surface area contributed by atoms with Crippen molar-refractivity contribution in [2.24, 2.45) is 5.41 Å². The molecule has 3 heterocycles. The van der Waals surface area contributed by atoms with Gasteiger partial charge in [0.15, 0.2) is 0 Å². The Morgan fingerprint density at radius 1 is 1.52 bits per heavy atom. The Morgan fingerprint density at radius 2 is 2.33 bits per heavy atom. The SMILES string of the molecule is CC1(C(=O)O)COCC1NC(=O)c1cn2ccccc2n1. The smallest absolute Gasteiger partial charge is 0.313 e. The van der Waals surface area contributed by atoms with Crippen LogP contribution in [0, 0.1) is 5.41 Å². The molecule has 7 nitrogen and oxygen atoms in total. The average Bonchev–Trinajstić information content (AvgIpc) is 3.04. The first kappa shape index (κ1) is 13.6. The van der Waals surface area contributed by atoms with Crippen LogP contribution in [0.2, 0.25) is 0 Å². The van der Waals surface area contributed by atoms with Gasteiger partial charge in [-0.15, -0.1) is 0 Å². The number of rotatable bonds is 3. The van der Waals surface area contributed by atoms with E-state index >= 15 is 0 Å². The third-order valence-corrected chi connectivity index (χ3v) is 3.85. The van der Waals surface area contributed by atoms with E-state index in [2.05, 4.69) is 10.3 Å². The zero-order valence-corrected chi connectivity index (χ0v) is 11.4. The standard InChI is InChI=1S/C14H15N3O4/c1-14(13(19)20)8-21-7-10(14)16-12(18)9-6-17-5-3-2-4-11(17)15-9/h2-6,10H,7-8H2,1H3,(H,16,18)(H,19,20). The van der Waals surface area contributed by atoms with Crippen LogP contribution in [0.15, 0.2) is 30.6 Å². The average molecular weight is 289 g/mol. The second-order valence-corrected chi connectivity index (χ2v) is 5.36. The third kappa shape index (κ3) is 2.25. The van der Waals surface area contributed by atoms with E-state index in [1.54, 1.807) is 29.8 Å². The van der Waals surface area contributed by atoms with Crippen LogP contribution in [-0.2, 0) is 9.53 Å². The summed E-state index contributed by atoms with van der Waals surface area (Å²) in [4.78, 5) is 27.8. The maximum absolute atomic E-state index is 12.2. The van der Waals surface area contributed by atoms with Crippen LogP contribution in [0.5, 0.6) is 0 Å². The summed E-state index contributed by atoms with van der Waals surface area (Å²) >= 11 is 0. The number of ether oxygens (including phenoxy) is 1. The molecule has 2 unspecified atom stereocenters. The van der Waals surface area contributed by atoms with Crippen molar-refractivity contribution in [2.75, 3.05) is 13.2 Å². The topological polar surface area (TPSA) is 92.9 Å². The summed E-state index contributed by atoms with van der Waals surface area (Å²) in [6, 6.07) is 4.88. The minimum atomic E-state index is -1.12. The number of aromatic nitrogens is 2. The molecule has 2 aromatic heterocycles. The summed E-state index contributed by atoms with van der Waals surface area (Å²) in [6.07, 6.45) is 3.40. The van der Waals surface area contributed by atoms with Crippen molar-refractivity contribution in [1.82, 2.24) is 14.7 Å². The summed E-state index contributed by atoms with van der Waals surface area (Å²) in [7, 11) is 0. The van der Waals surface area contributed by atoms with E-state index in [9.17, 15) is 14.7 Å². The van der Waals surface area contributed by atoms with Gasteiger partial charge in [0.2, 0.25) is 0 Å². The van der Waals surface area contributed by atoms with Gasteiger partial charge < -0.3 is 19.6 Å². The summed E-state index contributed by atoms with van der Waals surface area (Å²) in [6.45, 7) is 1.83. The fourth-order valence-corrected chi connectivity index (χ4v) is 2.36. The Kier molecular flexibility index (Phi) is 3.13. The van der Waals surface area contributed by atoms with Gasteiger partial charge in [-0.25, -0.2) is 4.98 Å². The van der Waals surface area contributed by atoms with Gasteiger partial charge >= 0.3 is 5.97 Å². The lowest BCUT2D eigenvalue weighted by Gasteiger charge is -2.25. The molecule has 2 aromatic rings. The second-order valence-electron chi connectivity index (χ2n) is 5.36. The fourth-order valence-electron chi connectivity index (χ4n) is 2.36. The number of fused-ring (bicyclic) bond motifs is 1. The minimum absolute atomic E-state index is 0.0818. The van der Waals surface area contributed by atoms with Crippen LogP contribution in [0.1, 0.15) is 17.4 Å². The van der Waals surface area contributed by atoms with Crippen molar-refractivity contribution in [1.29, 1.82) is 0 Å². The summed E-state index contributed by atoms with van der Waals surface area (Å²) in [5, 5.41) is 12.0. The molecule has 1 aliphatic heterocycles. The number of carbonyl (C=O) groups excluding carboxylic acids is 1. The van der Waals surface area contributed by atoms with E-state index in [0.29, 0.717) is 5.65 Å². The minimum Gasteiger partial charge on any atom is -0.481 e. The largest absolute Gasteiger partial charge is 0.481 e. The number of aliphatic carboxylic acids is 1. The number of carbonyl (C=O) groups is 2. The maximum atomic E-state index is 12.2. The molecule has 0 aromatic carbocycles. The zero-order chi connectivity index (χ0) is 15.0. The molecule has 21 heavy (non-hydrogen) atoms. The molecule has 1 saturated heterocycles. The Bertz CT molecular complexity index is 678. The lowest BCUT2D eigenvalue weighted by Crippen LogP contribution is -2.49. The van der Waals surface area contributed by atoms with Gasteiger partial charge in [0, 0.05) is 12.4 Å². The van der Waals surface area contributed by atoms with Gasteiger partial charge in [0.05, 0.1) is 19.3 Å². The molecule has 110 valence electrons. The molecule has 1 amide bonds. The van der Waals surface area contributed by atoms with Crippen molar-refractivity contribution in [3.05, 3.63) is 36.3 Å². The molecular weight excluding hydrogens is 274 g/mol. The Hall–Kier alpha value is -2.41. The van der Waals surface area contributed by atoms with Crippen molar-refractivity contribution in [3.8, 4) is 0 Å². The maximum Gasteiger partial charge on any atom is 0.313 e. The van der Waals surface area contributed by atoms with Crippen molar-refractivity contribution in [2.45, 2.75) is 13.0 Å². The van der Waals surface area contributed by atoms with E-state index in [1.807, 2.05) is 12.1 Å². The molecule has 0 saturated carbocycles. The molecule has 3 rings (SSSR count). The molecule has 2 atom stereocenters. The first-order valence-electron chi connectivity index (χ1n) is 6.56. The van der Waals surface area contributed by atoms with Crippen LogP contribution < -0.4 is 5.32 Å². The second kappa shape index (κ2) is 4.85. The number of amides is 1. The number of imidazole rings is 1. The lowest BCUT2D eigenvalue weighted by atomic mass is 9.85. The normalized spacial score (nSPS) is 25.1. The Labute approximate surface area is 120 Å². The van der Waals surface area contributed by atoms with Crippen molar-refractivity contribution < 1.29 is 19.4 Å². The number of hydrogen-bond acceptors (Lipinski definition) is 4. The number of nitrogens with one attached hydrogen (secondary N) is 1. The van der Waals surface area contributed by atoms with Gasteiger partial charge in [0.25, 0.3) is 5.91 Å². The summed E-state index contributed by atoms with van der Waals surface area (Å²) < 4.78 is 6.94. The van der Waals surface area contributed by atoms with E-state index in [0.717, 1.165) is 0 Å². The summed E-state index contributed by atoms with van der Waals surface area (Å²) in [5.74, 6) is -1.39. The van der Waals surface area contributed by atoms with Gasteiger partial charge in [-0.1, -0.05) is 6.07 Å². The first-order valence-corrected chi connectivity index (χ1v) is 6.56. The Morgan fingerprint density at radius 3 is 3.05 bits per heavy atom. The predicted molar refractivity (Wildman–Crippen MR) is 73.0 cm³/mol. The highest BCUT2D eigenvalue weighted by molar-refractivity contribution is 5.93. The molecular formula is C14H15N3O4. The molecule has 0 aliphatic carbocycles. The van der Waals surface area contributed by atoms with E-state index < -0.39 is 23.3 Å². The van der Waals surface area contributed by atoms with E-state index in [1.165, 1.54) is 0 Å². The number of nitrogens with zero attached hydrogens (tertiary/aromatic N) is 2. The molecule has 0 bridgehead atoms. The van der Waals surface area contributed by atoms with Gasteiger partial charge in [-0.2, -0.15) is 0 Å². The Balaban J connectivity index is 1.81. The van der Waals surface area contributed by atoms with Gasteiger partial charge in [0.1, 0.15) is 16.8 Å². The molecule has 1 aliphatic rings. The van der Waals surface area contributed by atoms with Crippen molar-refractivity contribution >= 4 is 17.5 Å². The zero-order valence-electron chi connectivity index (χ0n) is 11.4. The quantitative estimate of drug-likeness (QED) is 0.861. The van der Waals surface area contributed by atoms with Crippen LogP contribution >= 0.6 is 0 Å². The lowest BCUT2D eigenvalue weighted by molar-refractivity contribution is -0.148. The van der Waals surface area contributed by atoms with Crippen molar-refractivity contribution in [3.63, 3.8) is 0 Å². The predicted octanol–water partition coefficient (Wildman–Crippen LogP) is 0.554. The molecule has 7 heteroatoms. The third-order valence-electron chi connectivity index (χ3n) is 3.85.